The van der Waals surface area contributed by atoms with Crippen LogP contribution in [0.2, 0.25) is 0 Å². The first kappa shape index (κ1) is 18.0. The van der Waals surface area contributed by atoms with E-state index < -0.39 is 10.0 Å². The number of piperazine rings is 1. The van der Waals surface area contributed by atoms with Gasteiger partial charge in [-0.1, -0.05) is 24.3 Å². The van der Waals surface area contributed by atoms with Crippen LogP contribution in [-0.4, -0.2) is 49.0 Å². The quantitative estimate of drug-likeness (QED) is 0.741. The third kappa shape index (κ3) is 2.99. The number of methoxy groups -OCH3 is 1. The Kier molecular flexibility index (Phi) is 4.63. The maximum Gasteiger partial charge on any atom is 0.244 e. The molecule has 0 bridgehead atoms. The summed E-state index contributed by atoms with van der Waals surface area (Å²) in [6.45, 7) is 1.52. The highest BCUT2D eigenvalue weighted by atomic mass is 32.2. The molecule has 1 aliphatic heterocycles. The van der Waals surface area contributed by atoms with Gasteiger partial charge in [-0.05, 0) is 12.1 Å². The van der Waals surface area contributed by atoms with E-state index in [0.717, 1.165) is 11.2 Å². The zero-order valence-corrected chi connectivity index (χ0v) is 16.1. The van der Waals surface area contributed by atoms with Crippen LogP contribution in [0.25, 0.3) is 10.8 Å². The Labute approximate surface area is 158 Å². The Morgan fingerprint density at radius 3 is 2.67 bits per heavy atom. The van der Waals surface area contributed by atoms with E-state index >= 15 is 0 Å². The fraction of sp³-hybridized carbons (Fsp3) is 0.316. The lowest BCUT2D eigenvalue weighted by Gasteiger charge is -2.35. The second-order valence-corrected chi connectivity index (χ2v) is 8.40. The SMILES string of the molecule is COc1ccc(S(=O)(=O)N2CCNCC2c2nccn2C)c2ccccc12. The van der Waals surface area contributed by atoms with Crippen molar-refractivity contribution in [2.24, 2.45) is 7.05 Å². The van der Waals surface area contributed by atoms with Gasteiger partial charge in [0.05, 0.1) is 18.0 Å². The van der Waals surface area contributed by atoms with E-state index in [9.17, 15) is 8.42 Å². The summed E-state index contributed by atoms with van der Waals surface area (Å²) >= 11 is 0. The maximum atomic E-state index is 13.6. The van der Waals surface area contributed by atoms with Gasteiger partial charge in [-0.3, -0.25) is 0 Å². The van der Waals surface area contributed by atoms with E-state index in [1.165, 1.54) is 0 Å². The van der Waals surface area contributed by atoms with Crippen molar-refractivity contribution in [2.45, 2.75) is 10.9 Å². The predicted octanol–water partition coefficient (Wildman–Crippen LogP) is 1.92. The van der Waals surface area contributed by atoms with Gasteiger partial charge >= 0.3 is 0 Å². The molecule has 0 aliphatic carbocycles. The molecule has 7 nitrogen and oxygen atoms in total. The molecule has 1 saturated heterocycles. The number of aromatic nitrogens is 2. The van der Waals surface area contributed by atoms with Gasteiger partial charge < -0.3 is 14.6 Å². The van der Waals surface area contributed by atoms with Crippen LogP contribution in [-0.2, 0) is 17.1 Å². The number of imidazole rings is 1. The molecule has 0 spiro atoms. The highest BCUT2D eigenvalue weighted by molar-refractivity contribution is 7.89. The smallest absolute Gasteiger partial charge is 0.244 e. The van der Waals surface area contributed by atoms with Gasteiger partial charge in [-0.2, -0.15) is 4.31 Å². The zero-order valence-electron chi connectivity index (χ0n) is 15.3. The van der Waals surface area contributed by atoms with Gasteiger partial charge in [-0.25, -0.2) is 13.4 Å². The largest absolute Gasteiger partial charge is 0.496 e. The van der Waals surface area contributed by atoms with Gasteiger partial charge in [0, 0.05) is 49.8 Å². The molecule has 1 aliphatic rings. The van der Waals surface area contributed by atoms with Crippen LogP contribution in [0.5, 0.6) is 5.75 Å². The van der Waals surface area contributed by atoms with E-state index in [-0.39, 0.29) is 6.04 Å². The molecule has 0 saturated carbocycles. The zero-order chi connectivity index (χ0) is 19.0. The standard InChI is InChI=1S/C19H22N4O3S/c1-22-11-10-21-19(22)16-13-20-9-12-23(16)27(24,25)18-8-7-17(26-2)14-5-3-4-6-15(14)18/h3-8,10-11,16,20H,9,12-13H2,1-2H3. The molecule has 3 aromatic rings. The lowest BCUT2D eigenvalue weighted by atomic mass is 10.1. The first-order chi connectivity index (χ1) is 13.0. The van der Waals surface area contributed by atoms with Crippen molar-refractivity contribution in [1.29, 1.82) is 0 Å². The molecule has 2 heterocycles. The van der Waals surface area contributed by atoms with Crippen LogP contribution in [0, 0.1) is 0 Å². The summed E-state index contributed by atoms with van der Waals surface area (Å²) in [7, 11) is -0.255. The number of hydrogen-bond donors (Lipinski definition) is 1. The Morgan fingerprint density at radius 1 is 1.19 bits per heavy atom. The Morgan fingerprint density at radius 2 is 1.96 bits per heavy atom. The number of benzene rings is 2. The number of rotatable bonds is 4. The van der Waals surface area contributed by atoms with E-state index in [2.05, 4.69) is 10.3 Å². The number of aryl methyl sites for hydroxylation is 1. The number of ether oxygens (including phenoxy) is 1. The van der Waals surface area contributed by atoms with Crippen molar-refractivity contribution < 1.29 is 13.2 Å². The van der Waals surface area contributed by atoms with Gasteiger partial charge in [0.25, 0.3) is 0 Å². The minimum Gasteiger partial charge on any atom is -0.496 e. The molecular formula is C19H22N4O3S. The molecule has 4 rings (SSSR count). The molecule has 2 aromatic carbocycles. The molecule has 1 unspecified atom stereocenters. The van der Waals surface area contributed by atoms with Gasteiger partial charge in [0.2, 0.25) is 10.0 Å². The Balaban J connectivity index is 1.85. The average molecular weight is 386 g/mol. The fourth-order valence-corrected chi connectivity index (χ4v) is 5.45. The van der Waals surface area contributed by atoms with Crippen molar-refractivity contribution in [1.82, 2.24) is 19.2 Å². The molecule has 0 amide bonds. The summed E-state index contributed by atoms with van der Waals surface area (Å²) in [5, 5.41) is 4.72. The van der Waals surface area contributed by atoms with E-state index in [0.29, 0.717) is 35.7 Å². The fourth-order valence-electron chi connectivity index (χ4n) is 3.66. The molecule has 1 fully saturated rings. The first-order valence-corrected chi connectivity index (χ1v) is 10.2. The third-order valence-corrected chi connectivity index (χ3v) is 6.97. The number of sulfonamides is 1. The monoisotopic (exact) mass is 386 g/mol. The van der Waals surface area contributed by atoms with E-state index in [1.807, 2.05) is 42.1 Å². The maximum absolute atomic E-state index is 13.6. The minimum atomic E-state index is -3.72. The summed E-state index contributed by atoms with van der Waals surface area (Å²) in [6.07, 6.45) is 3.52. The van der Waals surface area contributed by atoms with Crippen LogP contribution < -0.4 is 10.1 Å². The van der Waals surface area contributed by atoms with Crippen LogP contribution in [0.1, 0.15) is 11.9 Å². The predicted molar refractivity (Wildman–Crippen MR) is 103 cm³/mol. The first-order valence-electron chi connectivity index (χ1n) is 8.79. The summed E-state index contributed by atoms with van der Waals surface area (Å²) in [4.78, 5) is 4.68. The summed E-state index contributed by atoms with van der Waals surface area (Å²) in [5.74, 6) is 1.38. The van der Waals surface area contributed by atoms with Crippen molar-refractivity contribution in [2.75, 3.05) is 26.7 Å². The van der Waals surface area contributed by atoms with Crippen molar-refractivity contribution in [3.05, 3.63) is 54.6 Å². The normalized spacial score (nSPS) is 18.7. The van der Waals surface area contributed by atoms with Gasteiger partial charge in [0.1, 0.15) is 11.6 Å². The van der Waals surface area contributed by atoms with Crippen molar-refractivity contribution in [3.8, 4) is 5.75 Å². The highest BCUT2D eigenvalue weighted by Gasteiger charge is 2.37. The molecule has 1 N–H and O–H groups in total. The van der Waals surface area contributed by atoms with E-state index in [4.69, 9.17) is 4.74 Å². The topological polar surface area (TPSA) is 76.5 Å². The lowest BCUT2D eigenvalue weighted by Crippen LogP contribution is -2.49. The Hall–Kier alpha value is -2.42. The summed E-state index contributed by atoms with van der Waals surface area (Å²) in [6, 6.07) is 10.4. The molecule has 142 valence electrons. The van der Waals surface area contributed by atoms with Crippen molar-refractivity contribution in [3.63, 3.8) is 0 Å². The van der Waals surface area contributed by atoms with E-state index in [1.54, 1.807) is 29.7 Å². The van der Waals surface area contributed by atoms with Gasteiger partial charge in [-0.15, -0.1) is 0 Å². The highest BCUT2D eigenvalue weighted by Crippen LogP contribution is 2.35. The molecule has 0 radical (unpaired) electrons. The number of nitrogens with zero attached hydrogens (tertiary/aromatic N) is 3. The summed E-state index contributed by atoms with van der Waals surface area (Å²) in [5.41, 5.74) is 0. The van der Waals surface area contributed by atoms with Gasteiger partial charge in [0.15, 0.2) is 0 Å². The lowest BCUT2D eigenvalue weighted by molar-refractivity contribution is 0.258. The number of nitrogens with one attached hydrogen (secondary N) is 1. The molecule has 27 heavy (non-hydrogen) atoms. The van der Waals surface area contributed by atoms with Crippen LogP contribution in [0.3, 0.4) is 0 Å². The average Bonchev–Trinajstić information content (AvgIpc) is 3.12. The number of fused-ring (bicyclic) bond motifs is 1. The third-order valence-electron chi connectivity index (χ3n) is 5.00. The van der Waals surface area contributed by atoms with Crippen LogP contribution >= 0.6 is 0 Å². The Bertz CT molecular complexity index is 1080. The van der Waals surface area contributed by atoms with Crippen LogP contribution in [0.4, 0.5) is 0 Å². The second kappa shape index (κ2) is 6.95. The molecule has 8 heteroatoms. The van der Waals surface area contributed by atoms with Crippen molar-refractivity contribution >= 4 is 20.8 Å². The molecule has 1 aromatic heterocycles. The summed E-state index contributed by atoms with van der Waals surface area (Å²) < 4.78 is 36.1. The molecular weight excluding hydrogens is 364 g/mol. The number of hydrogen-bond acceptors (Lipinski definition) is 5. The second-order valence-electron chi connectivity index (χ2n) is 6.54. The van der Waals surface area contributed by atoms with Crippen LogP contribution in [0.15, 0.2) is 53.7 Å². The minimum absolute atomic E-state index is 0.292. The molecule has 1 atom stereocenters.